The van der Waals surface area contributed by atoms with E-state index in [1.807, 2.05) is 13.8 Å². The number of nitrogens with zero attached hydrogens (tertiary/aromatic N) is 2. The summed E-state index contributed by atoms with van der Waals surface area (Å²) >= 11 is 0. The van der Waals surface area contributed by atoms with Gasteiger partial charge in [0.25, 0.3) is 0 Å². The lowest BCUT2D eigenvalue weighted by molar-refractivity contribution is 0.0406. The van der Waals surface area contributed by atoms with Gasteiger partial charge in [-0.2, -0.15) is 0 Å². The molecule has 0 saturated heterocycles. The minimum absolute atomic E-state index is 0.556. The summed E-state index contributed by atoms with van der Waals surface area (Å²) in [7, 11) is 0. The van der Waals surface area contributed by atoms with E-state index in [2.05, 4.69) is 4.98 Å². The Hall–Kier alpha value is -1.62. The molecule has 19 heavy (non-hydrogen) atoms. The van der Waals surface area contributed by atoms with Crippen LogP contribution in [0.3, 0.4) is 0 Å². The van der Waals surface area contributed by atoms with E-state index in [1.165, 1.54) is 4.90 Å². The number of carbonyl (C=O) groups is 1. The van der Waals surface area contributed by atoms with Crippen LogP contribution in [0.5, 0.6) is 0 Å². The minimum atomic E-state index is -0.979. The fourth-order valence-corrected chi connectivity index (χ4v) is 2.17. The summed E-state index contributed by atoms with van der Waals surface area (Å²) in [5, 5.41) is 10.4. The van der Waals surface area contributed by atoms with E-state index < -0.39 is 23.3 Å². The summed E-state index contributed by atoms with van der Waals surface area (Å²) in [5.74, 6) is 0. The monoisotopic (exact) mass is 264 g/mol. The third-order valence-electron chi connectivity index (χ3n) is 3.14. The lowest BCUT2D eigenvalue weighted by Gasteiger charge is -2.30. The lowest BCUT2D eigenvalue weighted by atomic mass is 9.89. The van der Waals surface area contributed by atoms with Crippen LogP contribution in [0.15, 0.2) is 18.3 Å². The topological polar surface area (TPSA) is 62.7 Å². The molecule has 0 radical (unpaired) electrons. The third-order valence-corrected chi connectivity index (χ3v) is 3.14. The molecule has 2 heterocycles. The molecule has 0 fully saturated rings. The Balaban J connectivity index is 2.40. The highest BCUT2D eigenvalue weighted by Crippen LogP contribution is 2.43. The highest BCUT2D eigenvalue weighted by molar-refractivity contribution is 5.91. The first-order valence-corrected chi connectivity index (χ1v) is 6.30. The van der Waals surface area contributed by atoms with Crippen LogP contribution in [0, 0.1) is 0 Å². The Morgan fingerprint density at radius 1 is 1.47 bits per heavy atom. The van der Waals surface area contributed by atoms with E-state index in [9.17, 15) is 9.90 Å². The smallest absolute Gasteiger partial charge is 0.417 e. The number of hydrogen-bond acceptors (Lipinski definition) is 4. The molecule has 2 rings (SSSR count). The van der Waals surface area contributed by atoms with Crippen molar-refractivity contribution >= 4 is 11.8 Å². The van der Waals surface area contributed by atoms with Crippen molar-refractivity contribution in [2.45, 2.75) is 51.9 Å². The zero-order valence-corrected chi connectivity index (χ0v) is 12.0. The van der Waals surface area contributed by atoms with Gasteiger partial charge in [0.2, 0.25) is 0 Å². The predicted octanol–water partition coefficient (Wildman–Crippen LogP) is 2.43. The zero-order valence-electron chi connectivity index (χ0n) is 12.0. The minimum Gasteiger partial charge on any atom is -0.443 e. The van der Waals surface area contributed by atoms with E-state index in [0.29, 0.717) is 11.4 Å². The highest BCUT2D eigenvalue weighted by Gasteiger charge is 2.48. The van der Waals surface area contributed by atoms with Gasteiger partial charge in [-0.25, -0.2) is 9.69 Å². The van der Waals surface area contributed by atoms with E-state index in [1.54, 1.807) is 39.1 Å². The summed E-state index contributed by atoms with van der Waals surface area (Å²) < 4.78 is 5.34. The Morgan fingerprint density at radius 2 is 2.11 bits per heavy atom. The van der Waals surface area contributed by atoms with E-state index in [0.717, 1.165) is 0 Å². The van der Waals surface area contributed by atoms with Crippen molar-refractivity contribution in [3.63, 3.8) is 0 Å². The normalized spacial score (nSPS) is 21.2. The van der Waals surface area contributed by atoms with Crippen LogP contribution < -0.4 is 4.90 Å². The summed E-state index contributed by atoms with van der Waals surface area (Å²) in [6.45, 7) is 9.09. The number of anilines is 1. The molecule has 1 aliphatic heterocycles. The Morgan fingerprint density at radius 3 is 2.68 bits per heavy atom. The molecule has 1 atom stereocenters. The first kappa shape index (κ1) is 13.8. The quantitative estimate of drug-likeness (QED) is 0.781. The number of rotatable bonds is 0. The van der Waals surface area contributed by atoms with E-state index >= 15 is 0 Å². The number of amides is 1. The lowest BCUT2D eigenvalue weighted by Crippen LogP contribution is -2.46. The molecule has 1 aromatic heterocycles. The molecule has 5 heteroatoms. The second-order valence-corrected chi connectivity index (χ2v) is 6.32. The van der Waals surface area contributed by atoms with Crippen LogP contribution in [-0.2, 0) is 10.2 Å². The first-order valence-electron chi connectivity index (χ1n) is 6.30. The van der Waals surface area contributed by atoms with Gasteiger partial charge in [0.1, 0.15) is 11.8 Å². The van der Waals surface area contributed by atoms with Gasteiger partial charge in [0, 0.05) is 6.20 Å². The molecule has 0 aromatic carbocycles. The van der Waals surface area contributed by atoms with Gasteiger partial charge in [-0.15, -0.1) is 0 Å². The zero-order chi connectivity index (χ0) is 14.4. The second-order valence-electron chi connectivity index (χ2n) is 6.32. The van der Waals surface area contributed by atoms with Crippen LogP contribution in [0.4, 0.5) is 10.5 Å². The average Bonchev–Trinajstić information content (AvgIpc) is 2.46. The van der Waals surface area contributed by atoms with E-state index in [4.69, 9.17) is 4.74 Å². The van der Waals surface area contributed by atoms with Crippen molar-refractivity contribution in [3.05, 3.63) is 24.0 Å². The Bertz CT molecular complexity index is 506. The largest absolute Gasteiger partial charge is 0.443 e. The summed E-state index contributed by atoms with van der Waals surface area (Å²) in [5.41, 5.74) is 0.0852. The maximum Gasteiger partial charge on any atom is 0.417 e. The number of aliphatic hydroxyl groups excluding tert-OH is 1. The Kier molecular flexibility index (Phi) is 3.05. The Labute approximate surface area is 113 Å². The van der Waals surface area contributed by atoms with Gasteiger partial charge in [0.05, 0.1) is 16.8 Å². The molecule has 5 nitrogen and oxygen atoms in total. The third kappa shape index (κ3) is 2.30. The van der Waals surface area contributed by atoms with Gasteiger partial charge in [0.15, 0.2) is 0 Å². The number of carbonyl (C=O) groups excluding carboxylic acids is 1. The van der Waals surface area contributed by atoms with Crippen molar-refractivity contribution in [1.29, 1.82) is 0 Å². The van der Waals surface area contributed by atoms with Crippen molar-refractivity contribution in [2.75, 3.05) is 4.90 Å². The molecule has 1 aliphatic rings. The maximum atomic E-state index is 12.2. The van der Waals surface area contributed by atoms with Crippen molar-refractivity contribution in [3.8, 4) is 0 Å². The molecular formula is C14H20N2O3. The number of hydrogen-bond donors (Lipinski definition) is 1. The maximum absolute atomic E-state index is 12.2. The molecule has 1 amide bonds. The number of aliphatic hydroxyl groups is 1. The molecule has 1 unspecified atom stereocenters. The van der Waals surface area contributed by atoms with Crippen molar-refractivity contribution < 1.29 is 14.6 Å². The van der Waals surface area contributed by atoms with Crippen LogP contribution >= 0.6 is 0 Å². The highest BCUT2D eigenvalue weighted by atomic mass is 16.6. The summed E-state index contributed by atoms with van der Waals surface area (Å²) in [6, 6.07) is 3.51. The molecule has 104 valence electrons. The van der Waals surface area contributed by atoms with Gasteiger partial charge in [-0.1, -0.05) is 0 Å². The predicted molar refractivity (Wildman–Crippen MR) is 72.0 cm³/mol. The molecular weight excluding hydrogens is 244 g/mol. The fourth-order valence-electron chi connectivity index (χ4n) is 2.17. The van der Waals surface area contributed by atoms with Crippen LogP contribution in [0.2, 0.25) is 0 Å². The van der Waals surface area contributed by atoms with Crippen LogP contribution in [0.25, 0.3) is 0 Å². The van der Waals surface area contributed by atoms with Gasteiger partial charge < -0.3 is 9.84 Å². The number of fused-ring (bicyclic) bond motifs is 1. The molecule has 0 saturated carbocycles. The first-order chi connectivity index (χ1) is 8.64. The van der Waals surface area contributed by atoms with Gasteiger partial charge >= 0.3 is 6.09 Å². The number of ether oxygens (including phenoxy) is 1. The van der Waals surface area contributed by atoms with Gasteiger partial charge in [-0.05, 0) is 46.8 Å². The van der Waals surface area contributed by atoms with Crippen molar-refractivity contribution in [2.24, 2.45) is 0 Å². The van der Waals surface area contributed by atoms with Crippen molar-refractivity contribution in [1.82, 2.24) is 4.98 Å². The SMILES string of the molecule is CC(C)(C)OC(=O)N1c2cccnc2C(C)(C)C1O. The average molecular weight is 264 g/mol. The molecule has 0 bridgehead atoms. The fraction of sp³-hybridized carbons (Fsp3) is 0.571. The van der Waals surface area contributed by atoms with Crippen LogP contribution in [-0.4, -0.2) is 28.0 Å². The molecule has 1 N–H and O–H groups in total. The second kappa shape index (κ2) is 4.20. The van der Waals surface area contributed by atoms with Gasteiger partial charge in [-0.3, -0.25) is 4.98 Å². The van der Waals surface area contributed by atoms with E-state index in [-0.39, 0.29) is 0 Å². The summed E-state index contributed by atoms with van der Waals surface area (Å²) in [6.07, 6.45) is 0.124. The summed E-state index contributed by atoms with van der Waals surface area (Å²) in [4.78, 5) is 17.8. The molecule has 0 aliphatic carbocycles. The molecule has 1 aromatic rings. The molecule has 0 spiro atoms. The number of pyridine rings is 1. The standard InChI is InChI=1S/C14H20N2O3/c1-13(2,3)19-12(18)16-9-7-6-8-15-10(9)14(4,5)11(16)17/h6-8,11,17H,1-5H3. The van der Waals surface area contributed by atoms with Crippen LogP contribution in [0.1, 0.15) is 40.3 Å². The number of aromatic nitrogens is 1.